The number of aryl methyl sites for hydroxylation is 1. The van der Waals surface area contributed by atoms with Gasteiger partial charge in [0.15, 0.2) is 0 Å². The number of hydrogen-bond acceptors (Lipinski definition) is 1. The molecular formula is C38H26S. The molecule has 1 aromatic heterocycles. The van der Waals surface area contributed by atoms with E-state index in [0.29, 0.717) is 0 Å². The van der Waals surface area contributed by atoms with Crippen molar-refractivity contribution in [1.82, 2.24) is 0 Å². The van der Waals surface area contributed by atoms with Crippen molar-refractivity contribution in [3.63, 3.8) is 0 Å². The highest BCUT2D eigenvalue weighted by atomic mass is 32.1. The predicted molar refractivity (Wildman–Crippen MR) is 170 cm³/mol. The molecule has 7 aromatic rings. The minimum Gasteiger partial charge on any atom is -0.135 e. The number of thiophene rings is 1. The number of fused-ring (bicyclic) bond motifs is 6. The maximum Gasteiger partial charge on any atom is 0.0430 e. The van der Waals surface area contributed by atoms with Gasteiger partial charge in [0.25, 0.3) is 0 Å². The first-order valence-electron chi connectivity index (χ1n) is 13.7. The summed E-state index contributed by atoms with van der Waals surface area (Å²) in [5.74, 6) is 0. The molecule has 0 N–H and O–H groups in total. The van der Waals surface area contributed by atoms with Gasteiger partial charge in [-0.15, -0.1) is 11.3 Å². The number of hydrogen-bond donors (Lipinski definition) is 0. The quantitative estimate of drug-likeness (QED) is 0.206. The van der Waals surface area contributed by atoms with Gasteiger partial charge in [-0.3, -0.25) is 0 Å². The Kier molecular flexibility index (Phi) is 5.24. The molecule has 0 atom stereocenters. The van der Waals surface area contributed by atoms with Gasteiger partial charge in [-0.2, -0.15) is 0 Å². The molecule has 1 aliphatic carbocycles. The SMILES string of the molecule is C1=Cc2sc3c(-c4cccc(-c5cccc(-c6ccc7c(ccc8ccccc87)c6)c5)c4)cccc3c2CC1. The summed E-state index contributed by atoms with van der Waals surface area (Å²) in [7, 11) is 0. The van der Waals surface area contributed by atoms with Gasteiger partial charge in [0.2, 0.25) is 0 Å². The van der Waals surface area contributed by atoms with Crippen LogP contribution in [0.5, 0.6) is 0 Å². The molecule has 184 valence electrons. The van der Waals surface area contributed by atoms with Crippen molar-refractivity contribution in [1.29, 1.82) is 0 Å². The van der Waals surface area contributed by atoms with Gasteiger partial charge in [0.05, 0.1) is 0 Å². The highest BCUT2D eigenvalue weighted by Crippen LogP contribution is 2.41. The van der Waals surface area contributed by atoms with Crippen LogP contribution < -0.4 is 0 Å². The molecule has 1 heterocycles. The maximum atomic E-state index is 2.36. The van der Waals surface area contributed by atoms with Crippen LogP contribution in [0.15, 0.2) is 127 Å². The van der Waals surface area contributed by atoms with Crippen molar-refractivity contribution in [2.75, 3.05) is 0 Å². The average Bonchev–Trinajstić information content (AvgIpc) is 3.40. The van der Waals surface area contributed by atoms with E-state index < -0.39 is 0 Å². The van der Waals surface area contributed by atoms with Crippen molar-refractivity contribution >= 4 is 49.0 Å². The lowest BCUT2D eigenvalue weighted by Crippen LogP contribution is -1.88. The van der Waals surface area contributed by atoms with E-state index in [1.165, 1.54) is 75.5 Å². The Labute approximate surface area is 232 Å². The molecule has 0 amide bonds. The molecular weight excluding hydrogens is 488 g/mol. The second kappa shape index (κ2) is 9.08. The fourth-order valence-corrected chi connectivity index (χ4v) is 7.48. The highest BCUT2D eigenvalue weighted by Gasteiger charge is 2.16. The summed E-state index contributed by atoms with van der Waals surface area (Å²) < 4.78 is 1.41. The van der Waals surface area contributed by atoms with Crippen LogP contribution >= 0.6 is 11.3 Å². The Bertz CT molecular complexity index is 2070. The summed E-state index contributed by atoms with van der Waals surface area (Å²) in [5, 5.41) is 6.61. The van der Waals surface area contributed by atoms with E-state index >= 15 is 0 Å². The number of rotatable bonds is 3. The van der Waals surface area contributed by atoms with Gasteiger partial charge in [-0.05, 0) is 103 Å². The van der Waals surface area contributed by atoms with Gasteiger partial charge in [-0.1, -0.05) is 109 Å². The monoisotopic (exact) mass is 514 g/mol. The minimum atomic E-state index is 1.14. The molecule has 0 saturated heterocycles. The van der Waals surface area contributed by atoms with Gasteiger partial charge >= 0.3 is 0 Å². The smallest absolute Gasteiger partial charge is 0.0430 e. The number of benzene rings is 6. The van der Waals surface area contributed by atoms with Crippen molar-refractivity contribution in [3.05, 3.63) is 138 Å². The Hall–Kier alpha value is -4.46. The van der Waals surface area contributed by atoms with E-state index in [1.807, 2.05) is 11.3 Å². The van der Waals surface area contributed by atoms with E-state index in [0.717, 1.165) is 12.8 Å². The lowest BCUT2D eigenvalue weighted by Gasteiger charge is -2.11. The highest BCUT2D eigenvalue weighted by molar-refractivity contribution is 7.20. The Morgan fingerprint density at radius 3 is 2.03 bits per heavy atom. The van der Waals surface area contributed by atoms with E-state index in [9.17, 15) is 0 Å². The van der Waals surface area contributed by atoms with Crippen molar-refractivity contribution in [3.8, 4) is 33.4 Å². The molecule has 8 rings (SSSR count). The summed E-state index contributed by atoms with van der Waals surface area (Å²) >= 11 is 1.94. The van der Waals surface area contributed by atoms with Gasteiger partial charge in [0, 0.05) is 9.58 Å². The first kappa shape index (κ1) is 22.5. The van der Waals surface area contributed by atoms with Crippen molar-refractivity contribution in [2.24, 2.45) is 0 Å². The molecule has 0 radical (unpaired) electrons. The second-order valence-electron chi connectivity index (χ2n) is 10.5. The topological polar surface area (TPSA) is 0 Å². The van der Waals surface area contributed by atoms with E-state index in [1.54, 1.807) is 0 Å². The van der Waals surface area contributed by atoms with E-state index in [4.69, 9.17) is 0 Å². The molecule has 0 aliphatic heterocycles. The van der Waals surface area contributed by atoms with Crippen LogP contribution in [0.25, 0.3) is 71.1 Å². The zero-order valence-corrected chi connectivity index (χ0v) is 22.3. The van der Waals surface area contributed by atoms with Crippen LogP contribution in [0.3, 0.4) is 0 Å². The summed E-state index contributed by atoms with van der Waals surface area (Å²) in [5.41, 5.74) is 9.12. The molecule has 0 unspecified atom stereocenters. The van der Waals surface area contributed by atoms with Crippen LogP contribution in [0.1, 0.15) is 16.9 Å². The van der Waals surface area contributed by atoms with Gasteiger partial charge in [-0.25, -0.2) is 0 Å². The summed E-state index contributed by atoms with van der Waals surface area (Å²) in [6.07, 6.45) is 6.91. The van der Waals surface area contributed by atoms with Crippen LogP contribution in [-0.2, 0) is 6.42 Å². The largest absolute Gasteiger partial charge is 0.135 e. The maximum absolute atomic E-state index is 2.36. The zero-order valence-electron chi connectivity index (χ0n) is 21.5. The number of allylic oxidation sites excluding steroid dienone is 1. The summed E-state index contributed by atoms with van der Waals surface area (Å²) in [6.45, 7) is 0. The predicted octanol–water partition coefficient (Wildman–Crippen LogP) is 11.2. The minimum absolute atomic E-state index is 1.14. The fourth-order valence-electron chi connectivity index (χ4n) is 6.16. The molecule has 0 saturated carbocycles. The molecule has 0 nitrogen and oxygen atoms in total. The van der Waals surface area contributed by atoms with Crippen molar-refractivity contribution < 1.29 is 0 Å². The second-order valence-corrected chi connectivity index (χ2v) is 11.5. The fraction of sp³-hybridized carbons (Fsp3) is 0.0526. The van der Waals surface area contributed by atoms with Gasteiger partial charge < -0.3 is 0 Å². The summed E-state index contributed by atoms with van der Waals surface area (Å²) in [4.78, 5) is 1.43. The standard InChI is InChI=1S/C38H26S/c1-2-13-32-25(8-1)18-19-31-24-29(20-21-33(31)32)27-10-5-9-26(22-27)28-11-6-12-30(23-28)34-15-7-16-36-35-14-3-4-17-37(35)39-38(34)36/h1-2,4-13,15-24H,3,14H2. The third-order valence-electron chi connectivity index (χ3n) is 8.13. The Balaban J connectivity index is 1.19. The molecule has 0 fully saturated rings. The van der Waals surface area contributed by atoms with Crippen LogP contribution in [0, 0.1) is 0 Å². The first-order chi connectivity index (χ1) is 19.3. The van der Waals surface area contributed by atoms with Crippen molar-refractivity contribution in [2.45, 2.75) is 12.8 Å². The van der Waals surface area contributed by atoms with Crippen LogP contribution in [0.2, 0.25) is 0 Å². The normalized spacial score (nSPS) is 12.8. The molecule has 6 aromatic carbocycles. The first-order valence-corrected chi connectivity index (χ1v) is 14.5. The third-order valence-corrected chi connectivity index (χ3v) is 9.37. The molecule has 0 bridgehead atoms. The Morgan fingerprint density at radius 1 is 0.487 bits per heavy atom. The molecule has 1 heteroatoms. The summed E-state index contributed by atoms with van der Waals surface area (Å²) in [6, 6.07) is 44.8. The average molecular weight is 515 g/mol. The third kappa shape index (κ3) is 3.81. The van der Waals surface area contributed by atoms with Gasteiger partial charge in [0.1, 0.15) is 0 Å². The van der Waals surface area contributed by atoms with Crippen LogP contribution in [0.4, 0.5) is 0 Å². The van der Waals surface area contributed by atoms with E-state index in [2.05, 4.69) is 133 Å². The molecule has 0 spiro atoms. The molecule has 39 heavy (non-hydrogen) atoms. The Morgan fingerprint density at radius 2 is 1.15 bits per heavy atom. The van der Waals surface area contributed by atoms with Crippen LogP contribution in [-0.4, -0.2) is 0 Å². The van der Waals surface area contributed by atoms with E-state index in [-0.39, 0.29) is 0 Å². The lowest BCUT2D eigenvalue weighted by molar-refractivity contribution is 1.01. The lowest BCUT2D eigenvalue weighted by atomic mass is 9.94. The zero-order chi connectivity index (χ0) is 25.8. The molecule has 1 aliphatic rings.